The highest BCUT2D eigenvalue weighted by Crippen LogP contribution is 2.20. The summed E-state index contributed by atoms with van der Waals surface area (Å²) in [6.45, 7) is 5.81. The molecule has 1 aliphatic heterocycles. The topological polar surface area (TPSA) is 64.6 Å². The highest BCUT2D eigenvalue weighted by molar-refractivity contribution is 8.14. The number of aromatic nitrogens is 1. The van der Waals surface area contributed by atoms with Gasteiger partial charge in [-0.3, -0.25) is 0 Å². The molecule has 0 unspecified atom stereocenters. The zero-order valence-corrected chi connectivity index (χ0v) is 11.9. The normalized spacial score (nSPS) is 16.7. The maximum absolute atomic E-state index is 8.51. The first-order valence-corrected chi connectivity index (χ1v) is 7.36. The Hall–Kier alpha value is -1.39. The van der Waals surface area contributed by atoms with Crippen molar-refractivity contribution < 1.29 is 0 Å². The number of thioether (sulfide) groups is 1. The quantitative estimate of drug-likeness (QED) is 0.796. The SMILES string of the molecule is CCN(Cc1cnc(C)s1)C1=NC(=NC#N)SC1. The van der Waals surface area contributed by atoms with Crippen LogP contribution >= 0.6 is 23.1 Å². The molecule has 0 aromatic carbocycles. The van der Waals surface area contributed by atoms with E-state index in [2.05, 4.69) is 26.8 Å². The summed E-state index contributed by atoms with van der Waals surface area (Å²) in [6.07, 6.45) is 3.69. The maximum Gasteiger partial charge on any atom is 0.208 e. The van der Waals surface area contributed by atoms with Crippen LogP contribution in [0.2, 0.25) is 0 Å². The van der Waals surface area contributed by atoms with Gasteiger partial charge in [-0.2, -0.15) is 5.26 Å². The van der Waals surface area contributed by atoms with Crippen LogP contribution in [0.25, 0.3) is 0 Å². The third-order valence-electron chi connectivity index (χ3n) is 2.46. The minimum Gasteiger partial charge on any atom is -0.354 e. The van der Waals surface area contributed by atoms with E-state index in [1.165, 1.54) is 16.6 Å². The standard InChI is InChI=1S/C11H13N5S2/c1-3-16(5-9-4-13-8(2)18-9)10-6-17-11(15-10)14-7-12/h4H,3,5-6H2,1-2H3. The van der Waals surface area contributed by atoms with E-state index in [4.69, 9.17) is 5.26 Å². The average Bonchev–Trinajstić information content (AvgIpc) is 2.96. The summed E-state index contributed by atoms with van der Waals surface area (Å²) < 4.78 is 0. The van der Waals surface area contributed by atoms with Crippen molar-refractivity contribution in [1.82, 2.24) is 9.88 Å². The van der Waals surface area contributed by atoms with E-state index in [0.717, 1.165) is 29.7 Å². The van der Waals surface area contributed by atoms with Gasteiger partial charge in [0.2, 0.25) is 11.4 Å². The first-order chi connectivity index (χ1) is 8.72. The number of nitrogens with zero attached hydrogens (tertiary/aromatic N) is 5. The monoisotopic (exact) mass is 279 g/mol. The summed E-state index contributed by atoms with van der Waals surface area (Å²) in [4.78, 5) is 15.7. The Morgan fingerprint density at radius 3 is 3.06 bits per heavy atom. The van der Waals surface area contributed by atoms with Gasteiger partial charge in [0.05, 0.1) is 17.3 Å². The summed E-state index contributed by atoms with van der Waals surface area (Å²) in [5.74, 6) is 1.77. The largest absolute Gasteiger partial charge is 0.354 e. The lowest BCUT2D eigenvalue weighted by atomic mass is 10.4. The Balaban J connectivity index is 2.08. The van der Waals surface area contributed by atoms with Gasteiger partial charge in [0.15, 0.2) is 0 Å². The molecule has 2 heterocycles. The van der Waals surface area contributed by atoms with E-state index in [-0.39, 0.29) is 0 Å². The van der Waals surface area contributed by atoms with Gasteiger partial charge in [-0.1, -0.05) is 11.8 Å². The van der Waals surface area contributed by atoms with E-state index in [9.17, 15) is 0 Å². The minimum absolute atomic E-state index is 0.562. The molecule has 0 N–H and O–H groups in total. The Bertz CT molecular complexity index is 526. The van der Waals surface area contributed by atoms with Crippen molar-refractivity contribution in [2.75, 3.05) is 12.3 Å². The molecule has 2 rings (SSSR count). The lowest BCUT2D eigenvalue weighted by molar-refractivity contribution is 0.438. The van der Waals surface area contributed by atoms with Crippen LogP contribution in [0.5, 0.6) is 0 Å². The first-order valence-electron chi connectivity index (χ1n) is 5.56. The van der Waals surface area contributed by atoms with Crippen LogP contribution in [0.4, 0.5) is 0 Å². The van der Waals surface area contributed by atoms with E-state index >= 15 is 0 Å². The van der Waals surface area contributed by atoms with Gasteiger partial charge < -0.3 is 4.90 Å². The molecular weight excluding hydrogens is 266 g/mol. The highest BCUT2D eigenvalue weighted by Gasteiger charge is 2.19. The number of thiazole rings is 1. The lowest BCUT2D eigenvalue weighted by Crippen LogP contribution is -2.30. The van der Waals surface area contributed by atoms with Gasteiger partial charge in [0, 0.05) is 17.6 Å². The van der Waals surface area contributed by atoms with Crippen LogP contribution in [0, 0.1) is 18.4 Å². The molecule has 0 saturated heterocycles. The van der Waals surface area contributed by atoms with E-state index in [0.29, 0.717) is 5.17 Å². The second-order valence-electron chi connectivity index (χ2n) is 3.67. The summed E-state index contributed by atoms with van der Waals surface area (Å²) in [6, 6.07) is 0. The summed E-state index contributed by atoms with van der Waals surface area (Å²) in [5.41, 5.74) is 0. The molecule has 0 fully saturated rings. The van der Waals surface area contributed by atoms with Crippen LogP contribution in [-0.4, -0.2) is 33.2 Å². The van der Waals surface area contributed by atoms with Gasteiger partial charge in [0.25, 0.3) is 0 Å². The molecule has 1 aromatic rings. The van der Waals surface area contributed by atoms with Crippen molar-refractivity contribution in [2.45, 2.75) is 20.4 Å². The second-order valence-corrected chi connectivity index (χ2v) is 5.93. The predicted molar refractivity (Wildman–Crippen MR) is 75.9 cm³/mol. The fourth-order valence-electron chi connectivity index (χ4n) is 1.62. The molecule has 0 spiro atoms. The molecule has 0 bridgehead atoms. The molecule has 0 atom stereocenters. The van der Waals surface area contributed by atoms with Crippen LogP contribution in [-0.2, 0) is 6.54 Å². The van der Waals surface area contributed by atoms with Gasteiger partial charge in [-0.15, -0.1) is 16.3 Å². The third kappa shape index (κ3) is 3.09. The number of aryl methyl sites for hydroxylation is 1. The highest BCUT2D eigenvalue weighted by atomic mass is 32.2. The zero-order valence-electron chi connectivity index (χ0n) is 10.3. The number of aliphatic imine (C=N–C) groups is 2. The Morgan fingerprint density at radius 2 is 2.44 bits per heavy atom. The molecule has 0 saturated carbocycles. The van der Waals surface area contributed by atoms with Crippen LogP contribution in [0.3, 0.4) is 0 Å². The molecule has 94 valence electrons. The number of rotatable bonds is 3. The van der Waals surface area contributed by atoms with Gasteiger partial charge in [-0.05, 0) is 13.8 Å². The van der Waals surface area contributed by atoms with Gasteiger partial charge >= 0.3 is 0 Å². The van der Waals surface area contributed by atoms with Crippen molar-refractivity contribution in [1.29, 1.82) is 5.26 Å². The minimum atomic E-state index is 0.562. The van der Waals surface area contributed by atoms with E-state index in [1.807, 2.05) is 13.1 Å². The van der Waals surface area contributed by atoms with Gasteiger partial charge in [0.1, 0.15) is 5.84 Å². The van der Waals surface area contributed by atoms with Crippen molar-refractivity contribution >= 4 is 34.1 Å². The van der Waals surface area contributed by atoms with Crippen molar-refractivity contribution in [2.24, 2.45) is 9.98 Å². The number of hydrogen-bond acceptors (Lipinski definition) is 6. The predicted octanol–water partition coefficient (Wildman–Crippen LogP) is 2.26. The number of hydrogen-bond donors (Lipinski definition) is 0. The summed E-state index contributed by atoms with van der Waals surface area (Å²) >= 11 is 3.21. The third-order valence-corrected chi connectivity index (χ3v) is 4.20. The van der Waals surface area contributed by atoms with Gasteiger partial charge in [-0.25, -0.2) is 9.98 Å². The van der Waals surface area contributed by atoms with Crippen molar-refractivity contribution in [3.8, 4) is 6.19 Å². The average molecular weight is 279 g/mol. The molecule has 18 heavy (non-hydrogen) atoms. The van der Waals surface area contributed by atoms with Crippen molar-refractivity contribution in [3.63, 3.8) is 0 Å². The summed E-state index contributed by atoms with van der Waals surface area (Å²) in [7, 11) is 0. The molecule has 0 aliphatic carbocycles. The zero-order chi connectivity index (χ0) is 13.0. The first kappa shape index (κ1) is 13.1. The molecule has 1 aliphatic rings. The molecule has 1 aromatic heterocycles. The molecular formula is C11H13N5S2. The van der Waals surface area contributed by atoms with E-state index < -0.39 is 0 Å². The van der Waals surface area contributed by atoms with E-state index in [1.54, 1.807) is 17.5 Å². The molecule has 5 nitrogen and oxygen atoms in total. The van der Waals surface area contributed by atoms with Crippen LogP contribution < -0.4 is 0 Å². The van der Waals surface area contributed by atoms with Crippen LogP contribution in [0.1, 0.15) is 16.8 Å². The molecule has 0 amide bonds. The fraction of sp³-hybridized carbons (Fsp3) is 0.455. The number of amidine groups is 2. The smallest absolute Gasteiger partial charge is 0.208 e. The molecule has 0 radical (unpaired) electrons. The maximum atomic E-state index is 8.51. The molecule has 7 heteroatoms. The second kappa shape index (κ2) is 5.98. The fourth-order valence-corrected chi connectivity index (χ4v) is 3.21. The Kier molecular flexibility index (Phi) is 4.33. The number of nitriles is 1. The Labute approximate surface area is 114 Å². The van der Waals surface area contributed by atoms with Crippen molar-refractivity contribution in [3.05, 3.63) is 16.1 Å². The Morgan fingerprint density at radius 1 is 1.61 bits per heavy atom. The van der Waals surface area contributed by atoms with Crippen LogP contribution in [0.15, 0.2) is 16.2 Å². The lowest BCUT2D eigenvalue weighted by Gasteiger charge is -2.20. The summed E-state index contributed by atoms with van der Waals surface area (Å²) in [5, 5.41) is 10.1.